The summed E-state index contributed by atoms with van der Waals surface area (Å²) in [6, 6.07) is 7.60. The van der Waals surface area contributed by atoms with Crippen LogP contribution in [0.25, 0.3) is 0 Å². The van der Waals surface area contributed by atoms with Crippen molar-refractivity contribution in [2.75, 3.05) is 7.11 Å². The molecule has 0 radical (unpaired) electrons. The van der Waals surface area contributed by atoms with Crippen LogP contribution in [0.1, 0.15) is 16.7 Å². The van der Waals surface area contributed by atoms with Crippen molar-refractivity contribution in [1.29, 1.82) is 0 Å². The number of nitrogens with zero attached hydrogens (tertiary/aromatic N) is 2. The van der Waals surface area contributed by atoms with Gasteiger partial charge < -0.3 is 15.2 Å². The van der Waals surface area contributed by atoms with Gasteiger partial charge in [0.2, 0.25) is 5.91 Å². The summed E-state index contributed by atoms with van der Waals surface area (Å²) in [5, 5.41) is 19.6. The molecular formula is C19H15ClF3N3O3S. The lowest BCUT2D eigenvalue weighted by Crippen LogP contribution is -2.26. The Bertz CT molecular complexity index is 1030. The van der Waals surface area contributed by atoms with Crippen molar-refractivity contribution in [2.24, 2.45) is 10.2 Å². The molecule has 1 heterocycles. The van der Waals surface area contributed by atoms with Gasteiger partial charge in [0.1, 0.15) is 0 Å². The zero-order valence-corrected chi connectivity index (χ0v) is 17.0. The number of hydrogen-bond acceptors (Lipinski definition) is 6. The van der Waals surface area contributed by atoms with E-state index in [2.05, 4.69) is 15.5 Å². The average molecular weight is 458 g/mol. The first-order valence-corrected chi connectivity index (χ1v) is 9.74. The number of carbonyl (C=O) groups is 1. The predicted molar refractivity (Wildman–Crippen MR) is 109 cm³/mol. The first kappa shape index (κ1) is 22.0. The van der Waals surface area contributed by atoms with E-state index in [4.69, 9.17) is 16.3 Å². The molecule has 0 saturated carbocycles. The Hall–Kier alpha value is -2.72. The number of amidine groups is 1. The summed E-state index contributed by atoms with van der Waals surface area (Å²) >= 11 is 7.06. The number of halogens is 4. The monoisotopic (exact) mass is 457 g/mol. The van der Waals surface area contributed by atoms with Crippen molar-refractivity contribution < 1.29 is 27.8 Å². The van der Waals surface area contributed by atoms with Gasteiger partial charge in [-0.05, 0) is 53.9 Å². The molecule has 6 nitrogen and oxygen atoms in total. The second kappa shape index (κ2) is 8.97. The van der Waals surface area contributed by atoms with Crippen LogP contribution in [0.5, 0.6) is 11.5 Å². The largest absolute Gasteiger partial charge is 0.504 e. The lowest BCUT2D eigenvalue weighted by Gasteiger charge is -2.12. The molecule has 1 atom stereocenters. The summed E-state index contributed by atoms with van der Waals surface area (Å²) in [4.78, 5) is 12.2. The number of benzene rings is 2. The van der Waals surface area contributed by atoms with Crippen molar-refractivity contribution in [3.8, 4) is 11.5 Å². The van der Waals surface area contributed by atoms with E-state index in [1.807, 2.05) is 0 Å². The molecule has 0 unspecified atom stereocenters. The molecule has 30 heavy (non-hydrogen) atoms. The van der Waals surface area contributed by atoms with Gasteiger partial charge in [-0.25, -0.2) is 0 Å². The number of amides is 1. The van der Waals surface area contributed by atoms with Crippen LogP contribution in [0.3, 0.4) is 0 Å². The van der Waals surface area contributed by atoms with E-state index in [1.165, 1.54) is 25.5 Å². The fraction of sp³-hybridized carbons (Fsp3) is 0.211. The van der Waals surface area contributed by atoms with Crippen LogP contribution in [0, 0.1) is 0 Å². The number of alkyl halides is 3. The predicted octanol–water partition coefficient (Wildman–Crippen LogP) is 4.24. The van der Waals surface area contributed by atoms with Gasteiger partial charge >= 0.3 is 6.18 Å². The summed E-state index contributed by atoms with van der Waals surface area (Å²) in [5.41, 5.74) is 0.00354. The van der Waals surface area contributed by atoms with Crippen LogP contribution < -0.4 is 10.1 Å². The second-order valence-electron chi connectivity index (χ2n) is 6.18. The van der Waals surface area contributed by atoms with Crippen LogP contribution >= 0.6 is 23.4 Å². The summed E-state index contributed by atoms with van der Waals surface area (Å²) in [7, 11) is 1.41. The Balaban J connectivity index is 1.69. The van der Waals surface area contributed by atoms with Gasteiger partial charge in [0, 0.05) is 5.02 Å². The molecule has 1 aliphatic heterocycles. The van der Waals surface area contributed by atoms with Crippen LogP contribution in [0.2, 0.25) is 5.02 Å². The van der Waals surface area contributed by atoms with Gasteiger partial charge in [0.15, 0.2) is 16.7 Å². The Morgan fingerprint density at radius 1 is 1.30 bits per heavy atom. The zero-order valence-electron chi connectivity index (χ0n) is 15.4. The summed E-state index contributed by atoms with van der Waals surface area (Å²) in [6.07, 6.45) is -3.08. The maximum atomic E-state index is 12.9. The molecule has 158 valence electrons. The molecule has 2 N–H and O–H groups in total. The van der Waals surface area contributed by atoms with E-state index in [-0.39, 0.29) is 33.7 Å². The number of phenolic OH excluding ortho intramolecular Hbond substituents is 1. The molecule has 1 aliphatic rings. The van der Waals surface area contributed by atoms with E-state index in [9.17, 15) is 23.1 Å². The zero-order chi connectivity index (χ0) is 21.9. The molecule has 1 amide bonds. The first-order chi connectivity index (χ1) is 14.2. The van der Waals surface area contributed by atoms with Crippen LogP contribution in [-0.4, -0.2) is 34.8 Å². The topological polar surface area (TPSA) is 83.3 Å². The molecule has 0 aromatic heterocycles. The smallest absolute Gasteiger partial charge is 0.416 e. The number of methoxy groups -OCH3 is 1. The van der Waals surface area contributed by atoms with Crippen molar-refractivity contribution >= 4 is 40.7 Å². The molecule has 0 bridgehead atoms. The number of phenols is 1. The third-order valence-electron chi connectivity index (χ3n) is 4.11. The summed E-state index contributed by atoms with van der Waals surface area (Å²) < 4.78 is 43.7. The molecule has 1 saturated heterocycles. The normalized spacial score (nSPS) is 18.2. The second-order valence-corrected chi connectivity index (χ2v) is 7.78. The molecule has 2 aromatic rings. The minimum Gasteiger partial charge on any atom is -0.504 e. The molecule has 0 spiro atoms. The highest BCUT2D eigenvalue weighted by atomic mass is 35.5. The molecule has 2 aromatic carbocycles. The highest BCUT2D eigenvalue weighted by Gasteiger charge is 2.34. The van der Waals surface area contributed by atoms with Gasteiger partial charge in [0.05, 0.1) is 24.1 Å². The Morgan fingerprint density at radius 2 is 2.07 bits per heavy atom. The fourth-order valence-corrected chi connectivity index (χ4v) is 3.76. The number of nitrogens with one attached hydrogen (secondary N) is 1. The van der Waals surface area contributed by atoms with E-state index >= 15 is 0 Å². The van der Waals surface area contributed by atoms with Crippen molar-refractivity contribution in [1.82, 2.24) is 5.32 Å². The van der Waals surface area contributed by atoms with Crippen LogP contribution in [0.15, 0.2) is 46.6 Å². The minimum atomic E-state index is -4.50. The van der Waals surface area contributed by atoms with E-state index in [1.54, 1.807) is 12.1 Å². The number of ether oxygens (including phenoxy) is 1. The Kier molecular flexibility index (Phi) is 6.57. The van der Waals surface area contributed by atoms with Gasteiger partial charge in [-0.2, -0.15) is 18.3 Å². The molecule has 3 rings (SSSR count). The highest BCUT2D eigenvalue weighted by molar-refractivity contribution is 8.15. The van der Waals surface area contributed by atoms with E-state index in [0.29, 0.717) is 5.56 Å². The van der Waals surface area contributed by atoms with E-state index < -0.39 is 22.9 Å². The molecule has 0 aliphatic carbocycles. The maximum Gasteiger partial charge on any atom is 0.416 e. The molecule has 1 fully saturated rings. The number of carbonyl (C=O) groups excluding carboxylic acids is 1. The van der Waals surface area contributed by atoms with Gasteiger partial charge in [-0.1, -0.05) is 23.4 Å². The van der Waals surface area contributed by atoms with Gasteiger partial charge in [-0.3, -0.25) is 4.79 Å². The van der Waals surface area contributed by atoms with Gasteiger partial charge in [-0.15, -0.1) is 5.10 Å². The van der Waals surface area contributed by atoms with Crippen molar-refractivity contribution in [3.63, 3.8) is 0 Å². The minimum absolute atomic E-state index is 0.0111. The number of aromatic hydroxyl groups is 1. The van der Waals surface area contributed by atoms with Crippen molar-refractivity contribution in [2.45, 2.75) is 17.8 Å². The molecular weight excluding hydrogens is 443 g/mol. The third-order valence-corrected chi connectivity index (χ3v) is 5.55. The number of rotatable bonds is 5. The maximum absolute atomic E-state index is 12.9. The van der Waals surface area contributed by atoms with E-state index in [0.717, 1.165) is 23.9 Å². The summed E-state index contributed by atoms with van der Waals surface area (Å²) in [6.45, 7) is 0. The standard InChI is InChI=1S/C19H15ClF3N3O3S/c1-29-15-6-10(2-5-14(15)27)9-24-26-18-25-17(28)16(30-18)8-11-7-12(19(21,22)23)3-4-13(11)20/h2-7,9,16,27H,8H2,1H3,(H,25,26,28)/b24-9-/t16-/m1/s1. The highest BCUT2D eigenvalue weighted by Crippen LogP contribution is 2.34. The SMILES string of the molecule is COc1cc(/C=N\N=C2\NC(=O)[C@@H](Cc3cc(C(F)(F)F)ccc3Cl)S2)ccc1O. The lowest BCUT2D eigenvalue weighted by molar-refractivity contribution is -0.137. The van der Waals surface area contributed by atoms with Crippen LogP contribution in [0.4, 0.5) is 13.2 Å². The van der Waals surface area contributed by atoms with Crippen LogP contribution in [-0.2, 0) is 17.4 Å². The summed E-state index contributed by atoms with van der Waals surface area (Å²) in [5.74, 6) is -0.141. The average Bonchev–Trinajstić information content (AvgIpc) is 3.03. The molecule has 11 heteroatoms. The van der Waals surface area contributed by atoms with Gasteiger partial charge in [0.25, 0.3) is 0 Å². The number of thioether (sulfide) groups is 1. The third kappa shape index (κ3) is 5.25. The quantitative estimate of drug-likeness (QED) is 0.519. The fourth-order valence-electron chi connectivity index (χ4n) is 2.62. The van der Waals surface area contributed by atoms with Crippen molar-refractivity contribution in [3.05, 3.63) is 58.1 Å². The lowest BCUT2D eigenvalue weighted by atomic mass is 10.1. The Morgan fingerprint density at radius 3 is 2.77 bits per heavy atom. The Labute approximate surface area is 178 Å². The number of hydrogen-bond donors (Lipinski definition) is 2. The first-order valence-electron chi connectivity index (χ1n) is 8.48.